The Kier molecular flexibility index (Phi) is 4.48. The summed E-state index contributed by atoms with van der Waals surface area (Å²) in [6.45, 7) is 0.715. The maximum atomic E-state index is 10.3. The Hall–Kier alpha value is -0.780. The molecule has 0 radical (unpaired) electrons. The summed E-state index contributed by atoms with van der Waals surface area (Å²) in [4.78, 5) is 0. The Balaban J connectivity index is 2.31. The fourth-order valence-corrected chi connectivity index (χ4v) is 2.71. The average Bonchev–Trinajstić information content (AvgIpc) is 2.91. The Bertz CT molecular complexity index is 416. The van der Waals surface area contributed by atoms with Gasteiger partial charge in [-0.1, -0.05) is 15.9 Å². The van der Waals surface area contributed by atoms with E-state index in [4.69, 9.17) is 14.2 Å². The Morgan fingerprint density at radius 1 is 1.33 bits per heavy atom. The van der Waals surface area contributed by atoms with Crippen LogP contribution in [0.3, 0.4) is 0 Å². The van der Waals surface area contributed by atoms with Gasteiger partial charge in [-0.2, -0.15) is 0 Å². The van der Waals surface area contributed by atoms with Crippen molar-refractivity contribution in [2.45, 2.75) is 25.0 Å². The zero-order chi connectivity index (χ0) is 13.1. The molecule has 5 heteroatoms. The summed E-state index contributed by atoms with van der Waals surface area (Å²) in [5, 5.41) is 10.3. The first-order valence-electron chi connectivity index (χ1n) is 5.88. The van der Waals surface area contributed by atoms with E-state index in [0.717, 1.165) is 22.9 Å². The van der Waals surface area contributed by atoms with Gasteiger partial charge < -0.3 is 19.3 Å². The molecule has 0 aromatic heterocycles. The third kappa shape index (κ3) is 2.63. The molecule has 0 aliphatic carbocycles. The number of aliphatic hydroxyl groups excluding tert-OH is 1. The molecule has 0 spiro atoms. The van der Waals surface area contributed by atoms with Crippen molar-refractivity contribution >= 4 is 15.9 Å². The summed E-state index contributed by atoms with van der Waals surface area (Å²) in [6, 6.07) is 3.58. The monoisotopic (exact) mass is 316 g/mol. The molecular weight excluding hydrogens is 300 g/mol. The molecule has 1 saturated heterocycles. The van der Waals surface area contributed by atoms with E-state index in [1.165, 1.54) is 0 Å². The first-order chi connectivity index (χ1) is 8.67. The first kappa shape index (κ1) is 13.6. The van der Waals surface area contributed by atoms with Crippen molar-refractivity contribution in [3.63, 3.8) is 0 Å². The molecule has 2 rings (SSSR count). The van der Waals surface area contributed by atoms with Crippen LogP contribution in [0.1, 0.15) is 24.5 Å². The van der Waals surface area contributed by atoms with Gasteiger partial charge in [0.2, 0.25) is 0 Å². The SMILES string of the molecule is COc1cc(Br)c(C(O)C2CCCO2)cc1OC. The maximum absolute atomic E-state index is 10.3. The van der Waals surface area contributed by atoms with Gasteiger partial charge in [-0.15, -0.1) is 0 Å². The highest BCUT2D eigenvalue weighted by molar-refractivity contribution is 9.10. The van der Waals surface area contributed by atoms with Crippen molar-refractivity contribution in [1.29, 1.82) is 0 Å². The van der Waals surface area contributed by atoms with Crippen molar-refractivity contribution in [2.75, 3.05) is 20.8 Å². The van der Waals surface area contributed by atoms with Crippen LogP contribution in [-0.2, 0) is 4.74 Å². The highest BCUT2D eigenvalue weighted by Gasteiger charge is 2.27. The second kappa shape index (κ2) is 5.91. The molecule has 1 aromatic rings. The number of ether oxygens (including phenoxy) is 3. The standard InChI is InChI=1S/C13H17BrO4/c1-16-11-6-8(9(14)7-12(11)17-2)13(15)10-4-3-5-18-10/h6-7,10,13,15H,3-5H2,1-2H3. The predicted molar refractivity (Wildman–Crippen MR) is 71.2 cm³/mol. The van der Waals surface area contributed by atoms with Crippen LogP contribution in [0.5, 0.6) is 11.5 Å². The molecule has 0 saturated carbocycles. The minimum Gasteiger partial charge on any atom is -0.493 e. The summed E-state index contributed by atoms with van der Waals surface area (Å²) in [6.07, 6.45) is 1.08. The quantitative estimate of drug-likeness (QED) is 0.927. The lowest BCUT2D eigenvalue weighted by Gasteiger charge is -2.20. The van der Waals surface area contributed by atoms with Gasteiger partial charge in [-0.3, -0.25) is 0 Å². The smallest absolute Gasteiger partial charge is 0.161 e. The molecule has 18 heavy (non-hydrogen) atoms. The Labute approximate surface area is 115 Å². The van der Waals surface area contributed by atoms with Crippen molar-refractivity contribution in [2.24, 2.45) is 0 Å². The van der Waals surface area contributed by atoms with Crippen LogP contribution < -0.4 is 9.47 Å². The lowest BCUT2D eigenvalue weighted by Crippen LogP contribution is -2.17. The normalized spacial score (nSPS) is 20.8. The number of halogens is 1. The molecule has 4 nitrogen and oxygen atoms in total. The largest absolute Gasteiger partial charge is 0.493 e. The maximum Gasteiger partial charge on any atom is 0.161 e. The molecule has 1 fully saturated rings. The molecule has 1 heterocycles. The van der Waals surface area contributed by atoms with E-state index in [9.17, 15) is 5.11 Å². The van der Waals surface area contributed by atoms with Crippen LogP contribution in [0.15, 0.2) is 16.6 Å². The first-order valence-corrected chi connectivity index (χ1v) is 6.67. The fraction of sp³-hybridized carbons (Fsp3) is 0.538. The number of aliphatic hydroxyl groups is 1. The molecule has 0 amide bonds. The van der Waals surface area contributed by atoms with Crippen LogP contribution in [0.25, 0.3) is 0 Å². The van der Waals surface area contributed by atoms with Gasteiger partial charge in [0.25, 0.3) is 0 Å². The average molecular weight is 317 g/mol. The summed E-state index contributed by atoms with van der Waals surface area (Å²) in [5.74, 6) is 1.24. The van der Waals surface area contributed by atoms with Crippen LogP contribution in [0, 0.1) is 0 Å². The number of rotatable bonds is 4. The highest BCUT2D eigenvalue weighted by atomic mass is 79.9. The van der Waals surface area contributed by atoms with Crippen molar-refractivity contribution < 1.29 is 19.3 Å². The molecule has 1 aromatic carbocycles. The Morgan fingerprint density at radius 2 is 2.00 bits per heavy atom. The van der Waals surface area contributed by atoms with E-state index < -0.39 is 6.10 Å². The van der Waals surface area contributed by atoms with E-state index in [1.54, 1.807) is 26.4 Å². The molecule has 1 aliphatic heterocycles. The zero-order valence-electron chi connectivity index (χ0n) is 10.5. The van der Waals surface area contributed by atoms with E-state index in [2.05, 4.69) is 15.9 Å². The Morgan fingerprint density at radius 3 is 2.56 bits per heavy atom. The molecule has 1 N–H and O–H groups in total. The van der Waals surface area contributed by atoms with Gasteiger partial charge in [0.05, 0.1) is 20.3 Å². The molecule has 2 unspecified atom stereocenters. The fourth-order valence-electron chi connectivity index (χ4n) is 2.15. The summed E-state index contributed by atoms with van der Waals surface area (Å²) in [5.41, 5.74) is 0.763. The van der Waals surface area contributed by atoms with E-state index >= 15 is 0 Å². The van der Waals surface area contributed by atoms with E-state index in [-0.39, 0.29) is 6.10 Å². The van der Waals surface area contributed by atoms with Gasteiger partial charge in [-0.05, 0) is 25.0 Å². The molecule has 1 aliphatic rings. The molecule has 2 atom stereocenters. The van der Waals surface area contributed by atoms with Crippen LogP contribution in [-0.4, -0.2) is 32.0 Å². The van der Waals surface area contributed by atoms with Crippen molar-refractivity contribution in [3.05, 3.63) is 22.2 Å². The van der Waals surface area contributed by atoms with Crippen LogP contribution in [0.4, 0.5) is 0 Å². The van der Waals surface area contributed by atoms with Crippen molar-refractivity contribution in [1.82, 2.24) is 0 Å². The van der Waals surface area contributed by atoms with Gasteiger partial charge in [0.1, 0.15) is 6.10 Å². The van der Waals surface area contributed by atoms with Crippen LogP contribution in [0.2, 0.25) is 0 Å². The van der Waals surface area contributed by atoms with Gasteiger partial charge >= 0.3 is 0 Å². The second-order valence-corrected chi connectivity index (χ2v) is 5.08. The lowest BCUT2D eigenvalue weighted by molar-refractivity contribution is -0.00304. The number of hydrogen-bond donors (Lipinski definition) is 1. The molecular formula is C13H17BrO4. The third-order valence-corrected chi connectivity index (χ3v) is 3.83. The number of hydrogen-bond acceptors (Lipinski definition) is 4. The minimum atomic E-state index is -0.651. The van der Waals surface area contributed by atoms with E-state index in [1.807, 2.05) is 0 Å². The summed E-state index contributed by atoms with van der Waals surface area (Å²) >= 11 is 3.45. The second-order valence-electron chi connectivity index (χ2n) is 4.23. The molecule has 0 bridgehead atoms. The van der Waals surface area contributed by atoms with E-state index in [0.29, 0.717) is 18.1 Å². The number of benzene rings is 1. The zero-order valence-corrected chi connectivity index (χ0v) is 12.1. The van der Waals surface area contributed by atoms with Crippen LogP contribution >= 0.6 is 15.9 Å². The minimum absolute atomic E-state index is 0.139. The van der Waals surface area contributed by atoms with Crippen molar-refractivity contribution in [3.8, 4) is 11.5 Å². The van der Waals surface area contributed by atoms with Gasteiger partial charge in [-0.25, -0.2) is 0 Å². The third-order valence-electron chi connectivity index (χ3n) is 3.14. The highest BCUT2D eigenvalue weighted by Crippen LogP contribution is 2.38. The van der Waals surface area contributed by atoms with Gasteiger partial charge in [0.15, 0.2) is 11.5 Å². The summed E-state index contributed by atoms with van der Waals surface area (Å²) in [7, 11) is 3.16. The van der Waals surface area contributed by atoms with Gasteiger partial charge in [0, 0.05) is 16.6 Å². The predicted octanol–water partition coefficient (Wildman–Crippen LogP) is 2.68. The molecule has 100 valence electrons. The topological polar surface area (TPSA) is 47.9 Å². The lowest BCUT2D eigenvalue weighted by atomic mass is 10.0. The number of methoxy groups -OCH3 is 2. The summed E-state index contributed by atoms with van der Waals surface area (Å²) < 4.78 is 16.8.